The van der Waals surface area contributed by atoms with E-state index >= 15 is 0 Å². The van der Waals surface area contributed by atoms with Crippen LogP contribution < -0.4 is 15.1 Å². The van der Waals surface area contributed by atoms with Crippen molar-refractivity contribution in [1.29, 1.82) is 5.26 Å². The number of hydrogen-bond donors (Lipinski definition) is 4. The molecule has 5 rings (SSSR count). The lowest BCUT2D eigenvalue weighted by atomic mass is 10.1. The third-order valence-electron chi connectivity index (χ3n) is 6.63. The average Bonchev–Trinajstić information content (AvgIpc) is 3.47. The Bertz CT molecular complexity index is 1490. The first-order valence-corrected chi connectivity index (χ1v) is 13.5. The largest absolute Gasteiger partial charge is 0.490 e. The standard InChI is InChI=1S/C23H27N9.2C2HF3O2/c1-30-8-10-32(11-9-30)23-27-15-19(16-28-23)20-12-17(2-3-26-20)21-13-18(14-24)22(29-21)31-6-4-25-5-7-31;2*3-2(4,5)1(6)7/h2-3,12-13,15-16,25,29H,4-11H2,1H3;2*(H,6,7). The van der Waals surface area contributed by atoms with Gasteiger partial charge in [0.05, 0.1) is 11.3 Å². The van der Waals surface area contributed by atoms with Crippen LogP contribution in [0.25, 0.3) is 22.5 Å². The molecule has 5 heterocycles. The smallest absolute Gasteiger partial charge is 0.475 e. The Labute approximate surface area is 258 Å². The lowest BCUT2D eigenvalue weighted by molar-refractivity contribution is -0.193. The third kappa shape index (κ3) is 10.0. The van der Waals surface area contributed by atoms with Gasteiger partial charge in [0.15, 0.2) is 0 Å². The number of aromatic nitrogens is 4. The number of pyridine rings is 1. The molecule has 0 spiro atoms. The zero-order valence-corrected chi connectivity index (χ0v) is 24.2. The number of H-pyrrole nitrogens is 1. The van der Waals surface area contributed by atoms with Gasteiger partial charge in [-0.1, -0.05) is 0 Å². The Kier molecular flexibility index (Phi) is 11.9. The number of hydrogen-bond acceptors (Lipinski definition) is 10. The number of carbonyl (C=O) groups is 2. The molecule has 0 aliphatic carbocycles. The minimum atomic E-state index is -5.08. The third-order valence-corrected chi connectivity index (χ3v) is 6.63. The second kappa shape index (κ2) is 15.4. The maximum atomic E-state index is 10.6. The summed E-state index contributed by atoms with van der Waals surface area (Å²) in [7, 11) is 2.14. The van der Waals surface area contributed by atoms with E-state index in [0.29, 0.717) is 5.56 Å². The highest BCUT2D eigenvalue weighted by atomic mass is 19.4. The quantitative estimate of drug-likeness (QED) is 0.303. The number of rotatable bonds is 4. The molecule has 0 radical (unpaired) electrons. The molecule has 2 aliphatic rings. The van der Waals surface area contributed by atoms with Crippen LogP contribution in [0.2, 0.25) is 0 Å². The molecule has 0 aromatic carbocycles. The molecule has 0 atom stereocenters. The van der Waals surface area contributed by atoms with Crippen molar-refractivity contribution in [3.05, 3.63) is 42.4 Å². The minimum absolute atomic E-state index is 0.667. The molecule has 3 aromatic rings. The fourth-order valence-corrected chi connectivity index (χ4v) is 4.20. The van der Waals surface area contributed by atoms with E-state index in [-0.39, 0.29) is 0 Å². The number of aliphatic carboxylic acids is 2. The van der Waals surface area contributed by atoms with Gasteiger partial charge in [-0.2, -0.15) is 31.6 Å². The molecule has 2 fully saturated rings. The summed E-state index contributed by atoms with van der Waals surface area (Å²) in [6.45, 7) is 7.52. The number of nitrogens with zero attached hydrogens (tertiary/aromatic N) is 7. The number of likely N-dealkylation sites (N-methyl/N-ethyl adjacent to an activating group) is 1. The van der Waals surface area contributed by atoms with Crippen molar-refractivity contribution in [2.45, 2.75) is 12.4 Å². The van der Waals surface area contributed by atoms with Gasteiger partial charge in [-0.05, 0) is 25.2 Å². The number of nitrogens with one attached hydrogen (secondary N) is 2. The fourth-order valence-electron chi connectivity index (χ4n) is 4.20. The Morgan fingerprint density at radius 3 is 1.89 bits per heavy atom. The molecule has 13 nitrogen and oxygen atoms in total. The van der Waals surface area contributed by atoms with Gasteiger partial charge < -0.3 is 35.2 Å². The highest BCUT2D eigenvalue weighted by molar-refractivity contribution is 5.74. The van der Waals surface area contributed by atoms with Gasteiger partial charge >= 0.3 is 24.3 Å². The van der Waals surface area contributed by atoms with Gasteiger partial charge in [-0.3, -0.25) is 4.98 Å². The van der Waals surface area contributed by atoms with E-state index in [1.54, 1.807) is 6.20 Å². The molecule has 0 unspecified atom stereocenters. The molecule has 4 N–H and O–H groups in total. The molecule has 2 aliphatic heterocycles. The van der Waals surface area contributed by atoms with Crippen LogP contribution in [0.1, 0.15) is 5.56 Å². The van der Waals surface area contributed by atoms with E-state index in [1.165, 1.54) is 0 Å². The van der Waals surface area contributed by atoms with Crippen LogP contribution in [-0.2, 0) is 9.59 Å². The zero-order valence-electron chi connectivity index (χ0n) is 24.2. The molecular weight excluding hydrogens is 628 g/mol. The second-order valence-corrected chi connectivity index (χ2v) is 9.89. The van der Waals surface area contributed by atoms with Gasteiger partial charge in [0.25, 0.3) is 0 Å². The van der Waals surface area contributed by atoms with Crippen molar-refractivity contribution in [1.82, 2.24) is 30.2 Å². The predicted molar refractivity (Wildman–Crippen MR) is 152 cm³/mol. The van der Waals surface area contributed by atoms with E-state index in [0.717, 1.165) is 86.6 Å². The normalized spacial score (nSPS) is 15.5. The van der Waals surface area contributed by atoms with Gasteiger partial charge in [0, 0.05) is 87.8 Å². The first-order chi connectivity index (χ1) is 21.6. The summed E-state index contributed by atoms with van der Waals surface area (Å²) in [5.41, 5.74) is 4.24. The molecule has 0 amide bonds. The maximum absolute atomic E-state index is 10.6. The first kappa shape index (κ1) is 35.5. The minimum Gasteiger partial charge on any atom is -0.475 e. The Balaban J connectivity index is 0.000000345. The van der Waals surface area contributed by atoms with Crippen molar-refractivity contribution >= 4 is 23.7 Å². The van der Waals surface area contributed by atoms with Crippen molar-refractivity contribution in [2.75, 3.05) is 69.2 Å². The first-order valence-electron chi connectivity index (χ1n) is 13.5. The van der Waals surface area contributed by atoms with Crippen molar-refractivity contribution < 1.29 is 46.1 Å². The van der Waals surface area contributed by atoms with E-state index < -0.39 is 24.3 Å². The maximum Gasteiger partial charge on any atom is 0.490 e. The van der Waals surface area contributed by atoms with Crippen molar-refractivity contribution in [2.24, 2.45) is 0 Å². The van der Waals surface area contributed by atoms with Crippen LogP contribution in [0.15, 0.2) is 36.8 Å². The summed E-state index contributed by atoms with van der Waals surface area (Å²) >= 11 is 0. The average molecular weight is 658 g/mol. The molecule has 0 saturated carbocycles. The van der Waals surface area contributed by atoms with Crippen LogP contribution >= 0.6 is 0 Å². The van der Waals surface area contributed by atoms with Gasteiger partial charge in [-0.25, -0.2) is 19.6 Å². The van der Waals surface area contributed by atoms with E-state index in [4.69, 9.17) is 19.8 Å². The molecule has 46 heavy (non-hydrogen) atoms. The second-order valence-electron chi connectivity index (χ2n) is 9.89. The fraction of sp³-hybridized carbons (Fsp3) is 0.407. The van der Waals surface area contributed by atoms with Crippen molar-refractivity contribution in [3.63, 3.8) is 0 Å². The van der Waals surface area contributed by atoms with Crippen LogP contribution in [0.4, 0.5) is 38.1 Å². The molecule has 19 heteroatoms. The van der Waals surface area contributed by atoms with E-state index in [1.807, 2.05) is 30.6 Å². The van der Waals surface area contributed by atoms with Gasteiger partial charge in [0.2, 0.25) is 5.95 Å². The zero-order chi connectivity index (χ0) is 34.1. The number of piperazine rings is 2. The molecular formula is C27H29F6N9O4. The molecule has 248 valence electrons. The Hall–Kier alpha value is -4.96. The SMILES string of the molecule is CN1CCN(c2ncc(-c3cc(-c4cc(C#N)c(N5CCNCC5)[nH]4)ccn3)cn2)CC1.O=C(O)C(F)(F)F.O=C(O)C(F)(F)F. The van der Waals surface area contributed by atoms with Gasteiger partial charge in [-0.15, -0.1) is 0 Å². The van der Waals surface area contributed by atoms with E-state index in [2.05, 4.69) is 53.1 Å². The van der Waals surface area contributed by atoms with E-state index in [9.17, 15) is 31.6 Å². The number of anilines is 2. The summed E-state index contributed by atoms with van der Waals surface area (Å²) in [6.07, 6.45) is -4.70. The number of nitriles is 1. The summed E-state index contributed by atoms with van der Waals surface area (Å²) < 4.78 is 63.5. The molecule has 0 bridgehead atoms. The highest BCUT2D eigenvalue weighted by Crippen LogP contribution is 2.29. The van der Waals surface area contributed by atoms with Gasteiger partial charge in [0.1, 0.15) is 11.9 Å². The summed E-state index contributed by atoms with van der Waals surface area (Å²) in [5.74, 6) is -3.86. The van der Waals surface area contributed by atoms with Crippen LogP contribution in [-0.4, -0.2) is 119 Å². The highest BCUT2D eigenvalue weighted by Gasteiger charge is 2.38. The Morgan fingerprint density at radius 2 is 1.39 bits per heavy atom. The Morgan fingerprint density at radius 1 is 0.848 bits per heavy atom. The molecule has 2 saturated heterocycles. The number of halogens is 6. The number of alkyl halides is 6. The summed E-state index contributed by atoms with van der Waals surface area (Å²) in [6, 6.07) is 8.23. The van der Waals surface area contributed by atoms with Crippen LogP contribution in [0.5, 0.6) is 0 Å². The lowest BCUT2D eigenvalue weighted by Gasteiger charge is -2.32. The number of carboxylic acids is 2. The van der Waals surface area contributed by atoms with Crippen LogP contribution in [0, 0.1) is 11.3 Å². The molecule has 3 aromatic heterocycles. The summed E-state index contributed by atoms with van der Waals surface area (Å²) in [4.78, 5) is 41.7. The predicted octanol–water partition coefficient (Wildman–Crippen LogP) is 2.83. The number of carboxylic acid groups (broad SMARTS) is 2. The number of aromatic amines is 1. The lowest BCUT2D eigenvalue weighted by Crippen LogP contribution is -2.45. The van der Waals surface area contributed by atoms with Crippen molar-refractivity contribution in [3.8, 4) is 28.6 Å². The monoisotopic (exact) mass is 657 g/mol. The summed E-state index contributed by atoms with van der Waals surface area (Å²) in [5, 5.41) is 27.2. The topological polar surface area (TPSA) is 175 Å². The van der Waals surface area contributed by atoms with Crippen LogP contribution in [0.3, 0.4) is 0 Å².